The van der Waals surface area contributed by atoms with Crippen molar-refractivity contribution >= 4 is 18.9 Å². The summed E-state index contributed by atoms with van der Waals surface area (Å²) in [6, 6.07) is 0. The van der Waals surface area contributed by atoms with Crippen molar-refractivity contribution in [2.45, 2.75) is 0 Å². The topological polar surface area (TPSA) is 43.3 Å². The Bertz CT molecular complexity index is 453. The number of rotatable bonds is 0. The summed E-state index contributed by atoms with van der Waals surface area (Å²) in [4.78, 5) is 7.76. The lowest BCUT2D eigenvalue weighted by molar-refractivity contribution is 0.366. The Morgan fingerprint density at radius 1 is 1.50 bits per heavy atom. The van der Waals surface area contributed by atoms with Crippen LogP contribution >= 0.6 is 0 Å². The normalized spacial score (nSPS) is 10.8. The van der Waals surface area contributed by atoms with Gasteiger partial charge in [0.15, 0.2) is 0 Å². The molecule has 0 aliphatic rings. The lowest BCUT2D eigenvalue weighted by Gasteiger charge is -1.73. The van der Waals surface area contributed by atoms with Crippen LogP contribution in [-0.2, 0) is 0 Å². The standard InChI is InChI=1S/C6H5N3O/c1-4-5(2)9-6(8-4)7-3-10-9/h3H,1-2H2. The Hall–Kier alpha value is -1.58. The van der Waals surface area contributed by atoms with Crippen molar-refractivity contribution < 1.29 is 4.52 Å². The molecule has 0 saturated carbocycles. The molecule has 0 fully saturated rings. The summed E-state index contributed by atoms with van der Waals surface area (Å²) in [6.45, 7) is 7.32. The Morgan fingerprint density at radius 3 is 3.00 bits per heavy atom. The minimum Gasteiger partial charge on any atom is -0.359 e. The van der Waals surface area contributed by atoms with Gasteiger partial charge in [0.25, 0.3) is 5.78 Å². The van der Waals surface area contributed by atoms with E-state index in [1.54, 1.807) is 0 Å². The van der Waals surface area contributed by atoms with Gasteiger partial charge in [0.05, 0.1) is 5.35 Å². The van der Waals surface area contributed by atoms with Crippen molar-refractivity contribution in [3.05, 3.63) is 17.1 Å². The molecule has 0 amide bonds. The second-order valence-corrected chi connectivity index (χ2v) is 1.94. The van der Waals surface area contributed by atoms with Gasteiger partial charge in [-0.05, 0) is 0 Å². The first-order valence-electron chi connectivity index (χ1n) is 2.75. The summed E-state index contributed by atoms with van der Waals surface area (Å²) in [5.74, 6) is 0.509. The van der Waals surface area contributed by atoms with Crippen LogP contribution in [0.15, 0.2) is 10.9 Å². The highest BCUT2D eigenvalue weighted by Crippen LogP contribution is 1.84. The molecule has 0 bridgehead atoms. The van der Waals surface area contributed by atoms with E-state index >= 15 is 0 Å². The number of imidazole rings is 1. The molecule has 10 heavy (non-hydrogen) atoms. The molecule has 0 spiro atoms. The summed E-state index contributed by atoms with van der Waals surface area (Å²) in [6.07, 6.45) is 1.32. The molecular weight excluding hydrogens is 130 g/mol. The van der Waals surface area contributed by atoms with Crippen LogP contribution in [0.1, 0.15) is 0 Å². The van der Waals surface area contributed by atoms with Crippen molar-refractivity contribution in [2.75, 3.05) is 0 Å². The van der Waals surface area contributed by atoms with Crippen LogP contribution in [0, 0.1) is 0 Å². The van der Waals surface area contributed by atoms with E-state index in [1.807, 2.05) is 0 Å². The molecule has 0 aliphatic heterocycles. The van der Waals surface area contributed by atoms with Gasteiger partial charge in [0.2, 0.25) is 6.39 Å². The first kappa shape index (κ1) is 5.22. The molecule has 2 aromatic heterocycles. The molecule has 0 aliphatic carbocycles. The highest BCUT2D eigenvalue weighted by atomic mass is 16.5. The second-order valence-electron chi connectivity index (χ2n) is 1.94. The molecule has 0 aromatic carbocycles. The van der Waals surface area contributed by atoms with Gasteiger partial charge >= 0.3 is 0 Å². The third kappa shape index (κ3) is 0.452. The third-order valence-corrected chi connectivity index (χ3v) is 1.32. The summed E-state index contributed by atoms with van der Waals surface area (Å²) in [7, 11) is 0. The fraction of sp³-hybridized carbons (Fsp3) is 0. The SMILES string of the molecule is C=c1nc2ncon2c1=C. The third-order valence-electron chi connectivity index (χ3n) is 1.32. The maximum absolute atomic E-state index is 4.91. The fourth-order valence-electron chi connectivity index (χ4n) is 0.778. The fourth-order valence-corrected chi connectivity index (χ4v) is 0.778. The van der Waals surface area contributed by atoms with Crippen molar-refractivity contribution in [3.63, 3.8) is 0 Å². The van der Waals surface area contributed by atoms with Crippen LogP contribution in [0.25, 0.3) is 18.9 Å². The summed E-state index contributed by atoms with van der Waals surface area (Å²) < 4.78 is 6.34. The highest BCUT2D eigenvalue weighted by molar-refractivity contribution is 5.26. The molecule has 0 atom stereocenters. The molecular formula is C6H5N3O. The average Bonchev–Trinajstić information content (AvgIpc) is 2.41. The van der Waals surface area contributed by atoms with E-state index in [1.165, 1.54) is 11.0 Å². The van der Waals surface area contributed by atoms with Crippen molar-refractivity contribution in [2.24, 2.45) is 0 Å². The van der Waals surface area contributed by atoms with E-state index in [2.05, 4.69) is 23.1 Å². The largest absolute Gasteiger partial charge is 0.359 e. The quantitative estimate of drug-likeness (QED) is 0.472. The molecule has 0 unspecified atom stereocenters. The highest BCUT2D eigenvalue weighted by Gasteiger charge is 1.98. The number of hydrogen-bond acceptors (Lipinski definition) is 3. The van der Waals surface area contributed by atoms with Crippen LogP contribution < -0.4 is 10.7 Å². The molecule has 2 aromatic rings. The number of hydrogen-bond donors (Lipinski definition) is 0. The van der Waals surface area contributed by atoms with Crippen molar-refractivity contribution in [3.8, 4) is 0 Å². The van der Waals surface area contributed by atoms with Gasteiger partial charge in [-0.25, -0.2) is 4.98 Å². The molecule has 2 heterocycles. The van der Waals surface area contributed by atoms with Crippen molar-refractivity contribution in [1.82, 2.24) is 14.5 Å². The predicted octanol–water partition coefficient (Wildman–Crippen LogP) is -0.857. The van der Waals surface area contributed by atoms with E-state index in [4.69, 9.17) is 4.52 Å². The van der Waals surface area contributed by atoms with Gasteiger partial charge in [0.1, 0.15) is 5.35 Å². The molecule has 2 rings (SSSR count). The van der Waals surface area contributed by atoms with Gasteiger partial charge in [-0.2, -0.15) is 4.98 Å². The van der Waals surface area contributed by atoms with E-state index < -0.39 is 0 Å². The number of nitrogens with zero attached hydrogens (tertiary/aromatic N) is 3. The summed E-state index contributed by atoms with van der Waals surface area (Å²) in [5, 5.41) is 1.25. The number of fused-ring (bicyclic) bond motifs is 1. The Balaban J connectivity index is 3.24. The van der Waals surface area contributed by atoms with Gasteiger partial charge in [-0.1, -0.05) is 13.2 Å². The van der Waals surface area contributed by atoms with Crippen molar-refractivity contribution in [1.29, 1.82) is 0 Å². The van der Waals surface area contributed by atoms with Gasteiger partial charge in [-0.15, -0.1) is 4.57 Å². The molecule has 4 nitrogen and oxygen atoms in total. The summed E-state index contributed by atoms with van der Waals surface area (Å²) >= 11 is 0. The Labute approximate surface area is 56.1 Å². The second kappa shape index (κ2) is 1.47. The minimum atomic E-state index is 0.509. The van der Waals surface area contributed by atoms with E-state index in [0.29, 0.717) is 16.5 Å². The zero-order valence-corrected chi connectivity index (χ0v) is 5.24. The molecule has 0 radical (unpaired) electrons. The monoisotopic (exact) mass is 135 g/mol. The zero-order chi connectivity index (χ0) is 7.14. The summed E-state index contributed by atoms with van der Waals surface area (Å²) in [5.41, 5.74) is 0. The maximum atomic E-state index is 4.91. The van der Waals surface area contributed by atoms with Crippen LogP contribution in [0.5, 0.6) is 0 Å². The molecule has 0 N–H and O–H groups in total. The van der Waals surface area contributed by atoms with E-state index in [-0.39, 0.29) is 0 Å². The van der Waals surface area contributed by atoms with Crippen LogP contribution in [0.3, 0.4) is 0 Å². The number of aromatic nitrogens is 3. The molecule has 0 saturated heterocycles. The average molecular weight is 135 g/mol. The van der Waals surface area contributed by atoms with Gasteiger partial charge < -0.3 is 4.52 Å². The molecule has 50 valence electrons. The first-order chi connectivity index (χ1) is 4.79. The predicted molar refractivity (Wildman–Crippen MR) is 35.5 cm³/mol. The van der Waals surface area contributed by atoms with Crippen LogP contribution in [0.4, 0.5) is 0 Å². The van der Waals surface area contributed by atoms with Gasteiger partial charge in [0, 0.05) is 0 Å². The van der Waals surface area contributed by atoms with Crippen LogP contribution in [-0.4, -0.2) is 14.5 Å². The van der Waals surface area contributed by atoms with Crippen LogP contribution in [0.2, 0.25) is 0 Å². The maximum Gasteiger partial charge on any atom is 0.267 e. The first-order valence-corrected chi connectivity index (χ1v) is 2.75. The Morgan fingerprint density at radius 2 is 2.30 bits per heavy atom. The van der Waals surface area contributed by atoms with E-state index in [0.717, 1.165) is 0 Å². The lowest BCUT2D eigenvalue weighted by Crippen LogP contribution is -2.22. The lowest BCUT2D eigenvalue weighted by atomic mass is 10.6. The molecule has 4 heteroatoms. The van der Waals surface area contributed by atoms with Gasteiger partial charge in [-0.3, -0.25) is 0 Å². The van der Waals surface area contributed by atoms with E-state index in [9.17, 15) is 0 Å². The Kier molecular flexibility index (Phi) is 0.768. The minimum absolute atomic E-state index is 0.509. The smallest absolute Gasteiger partial charge is 0.267 e. The zero-order valence-electron chi connectivity index (χ0n) is 5.24.